The number of halogens is 1. The minimum atomic E-state index is 0.207. The van der Waals surface area contributed by atoms with Crippen LogP contribution in [0.15, 0.2) is 22.7 Å². The van der Waals surface area contributed by atoms with Crippen LogP contribution in [0.5, 0.6) is 0 Å². The van der Waals surface area contributed by atoms with Crippen LogP contribution in [0.25, 0.3) is 0 Å². The molecule has 2 rings (SSSR count). The molecule has 0 N–H and O–H groups in total. The molecule has 0 saturated heterocycles. The van der Waals surface area contributed by atoms with Gasteiger partial charge in [-0.05, 0) is 30.0 Å². The van der Waals surface area contributed by atoms with Crippen molar-refractivity contribution in [1.29, 1.82) is 0 Å². The molecular weight excluding hydrogens is 216 g/mol. The van der Waals surface area contributed by atoms with Gasteiger partial charge in [-0.15, -0.1) is 0 Å². The molecular formula is C10H9BrO. The number of carbonyl (C=O) groups excluding carboxylic acids is 1. The Morgan fingerprint density at radius 3 is 2.92 bits per heavy atom. The molecule has 1 unspecified atom stereocenters. The first-order chi connectivity index (χ1) is 5.81. The third-order valence-electron chi connectivity index (χ3n) is 2.36. The summed E-state index contributed by atoms with van der Waals surface area (Å²) in [5.74, 6) is 0.207. The number of aldehydes is 1. The molecule has 0 heterocycles. The van der Waals surface area contributed by atoms with Gasteiger partial charge in [-0.3, -0.25) is 0 Å². The molecule has 1 nitrogen and oxygen atoms in total. The summed E-state index contributed by atoms with van der Waals surface area (Å²) in [6, 6.07) is 6.16. The highest BCUT2D eigenvalue weighted by Crippen LogP contribution is 2.31. The number of fused-ring (bicyclic) bond motifs is 1. The molecule has 0 fully saturated rings. The maximum Gasteiger partial charge on any atom is 0.123 e. The topological polar surface area (TPSA) is 17.1 Å². The summed E-state index contributed by atoms with van der Waals surface area (Å²) in [4.78, 5) is 10.6. The molecule has 1 aromatic carbocycles. The van der Waals surface area contributed by atoms with Crippen molar-refractivity contribution in [2.24, 2.45) is 5.92 Å². The van der Waals surface area contributed by atoms with Crippen LogP contribution in [0.4, 0.5) is 0 Å². The van der Waals surface area contributed by atoms with E-state index in [2.05, 4.69) is 22.0 Å². The lowest BCUT2D eigenvalue weighted by molar-refractivity contribution is -0.110. The fourth-order valence-electron chi connectivity index (χ4n) is 1.74. The zero-order chi connectivity index (χ0) is 8.55. The van der Waals surface area contributed by atoms with Crippen molar-refractivity contribution < 1.29 is 4.79 Å². The predicted molar refractivity (Wildman–Crippen MR) is 51.1 cm³/mol. The van der Waals surface area contributed by atoms with Crippen molar-refractivity contribution in [2.45, 2.75) is 12.8 Å². The van der Waals surface area contributed by atoms with Gasteiger partial charge < -0.3 is 4.79 Å². The van der Waals surface area contributed by atoms with E-state index >= 15 is 0 Å². The van der Waals surface area contributed by atoms with Crippen LogP contribution in [0.2, 0.25) is 0 Å². The van der Waals surface area contributed by atoms with E-state index < -0.39 is 0 Å². The lowest BCUT2D eigenvalue weighted by Crippen LogP contribution is -1.99. The first kappa shape index (κ1) is 7.99. The molecule has 0 radical (unpaired) electrons. The van der Waals surface area contributed by atoms with Crippen molar-refractivity contribution in [3.63, 3.8) is 0 Å². The Balaban J connectivity index is 2.41. The van der Waals surface area contributed by atoms with Gasteiger partial charge in [0, 0.05) is 10.4 Å². The van der Waals surface area contributed by atoms with Gasteiger partial charge in [-0.1, -0.05) is 28.1 Å². The SMILES string of the molecule is O=CC1Cc2cccc(Br)c2C1. The summed E-state index contributed by atoms with van der Waals surface area (Å²) in [6.45, 7) is 0. The van der Waals surface area contributed by atoms with Gasteiger partial charge in [0.05, 0.1) is 0 Å². The average molecular weight is 225 g/mol. The maximum atomic E-state index is 10.6. The predicted octanol–water partition coefficient (Wildman–Crippen LogP) is 2.36. The Morgan fingerprint density at radius 1 is 1.42 bits per heavy atom. The summed E-state index contributed by atoms with van der Waals surface area (Å²) in [5, 5.41) is 0. The molecule has 0 saturated carbocycles. The highest BCUT2D eigenvalue weighted by Gasteiger charge is 2.21. The van der Waals surface area contributed by atoms with Gasteiger partial charge in [-0.25, -0.2) is 0 Å². The Morgan fingerprint density at radius 2 is 2.25 bits per heavy atom. The molecule has 62 valence electrons. The van der Waals surface area contributed by atoms with E-state index in [0.29, 0.717) is 0 Å². The van der Waals surface area contributed by atoms with Gasteiger partial charge in [0.15, 0.2) is 0 Å². The highest BCUT2D eigenvalue weighted by molar-refractivity contribution is 9.10. The van der Waals surface area contributed by atoms with Crippen LogP contribution >= 0.6 is 15.9 Å². The molecule has 0 bridgehead atoms. The van der Waals surface area contributed by atoms with E-state index in [-0.39, 0.29) is 5.92 Å². The first-order valence-corrected chi connectivity index (χ1v) is 4.82. The second kappa shape index (κ2) is 3.02. The van der Waals surface area contributed by atoms with Gasteiger partial charge in [0.2, 0.25) is 0 Å². The van der Waals surface area contributed by atoms with E-state index in [0.717, 1.165) is 23.6 Å². The fourth-order valence-corrected chi connectivity index (χ4v) is 2.31. The summed E-state index contributed by atoms with van der Waals surface area (Å²) < 4.78 is 1.14. The lowest BCUT2D eigenvalue weighted by atomic mass is 10.1. The van der Waals surface area contributed by atoms with E-state index in [4.69, 9.17) is 0 Å². The standard InChI is InChI=1S/C10H9BrO/c11-10-3-1-2-8-4-7(6-12)5-9(8)10/h1-3,6-7H,4-5H2. The normalized spacial score (nSPS) is 20.6. The van der Waals surface area contributed by atoms with Crippen molar-refractivity contribution >= 4 is 22.2 Å². The summed E-state index contributed by atoms with van der Waals surface area (Å²) in [7, 11) is 0. The molecule has 0 aromatic heterocycles. The first-order valence-electron chi connectivity index (χ1n) is 4.03. The van der Waals surface area contributed by atoms with Crippen LogP contribution in [-0.2, 0) is 17.6 Å². The smallest absolute Gasteiger partial charge is 0.123 e. The van der Waals surface area contributed by atoms with Crippen molar-refractivity contribution in [3.05, 3.63) is 33.8 Å². The average Bonchev–Trinajstić information content (AvgIpc) is 2.49. The Hall–Kier alpha value is -0.630. The lowest BCUT2D eigenvalue weighted by Gasteiger charge is -1.99. The van der Waals surface area contributed by atoms with E-state index in [9.17, 15) is 4.79 Å². The molecule has 12 heavy (non-hydrogen) atoms. The Kier molecular flexibility index (Phi) is 2.01. The Bertz CT molecular complexity index is 320. The van der Waals surface area contributed by atoms with Crippen LogP contribution < -0.4 is 0 Å². The number of hydrogen-bond donors (Lipinski definition) is 0. The molecule has 2 heteroatoms. The van der Waals surface area contributed by atoms with Crippen molar-refractivity contribution in [1.82, 2.24) is 0 Å². The quantitative estimate of drug-likeness (QED) is 0.670. The molecule has 0 spiro atoms. The largest absolute Gasteiger partial charge is 0.303 e. The number of rotatable bonds is 1. The van der Waals surface area contributed by atoms with Crippen LogP contribution in [0, 0.1) is 5.92 Å². The number of benzene rings is 1. The van der Waals surface area contributed by atoms with Crippen molar-refractivity contribution in [2.75, 3.05) is 0 Å². The number of carbonyl (C=O) groups is 1. The third-order valence-corrected chi connectivity index (χ3v) is 3.10. The molecule has 0 aliphatic heterocycles. The minimum Gasteiger partial charge on any atom is -0.303 e. The summed E-state index contributed by atoms with van der Waals surface area (Å²) in [5.41, 5.74) is 2.64. The van der Waals surface area contributed by atoms with Crippen molar-refractivity contribution in [3.8, 4) is 0 Å². The van der Waals surface area contributed by atoms with Gasteiger partial charge >= 0.3 is 0 Å². The minimum absolute atomic E-state index is 0.207. The van der Waals surface area contributed by atoms with Gasteiger partial charge in [0.1, 0.15) is 6.29 Å². The zero-order valence-corrected chi connectivity index (χ0v) is 8.17. The molecule has 1 aliphatic rings. The van der Waals surface area contributed by atoms with Gasteiger partial charge in [0.25, 0.3) is 0 Å². The van der Waals surface area contributed by atoms with Crippen LogP contribution in [0.3, 0.4) is 0 Å². The van der Waals surface area contributed by atoms with E-state index in [1.54, 1.807) is 0 Å². The maximum absolute atomic E-state index is 10.6. The Labute approximate surface area is 79.9 Å². The molecule has 1 atom stereocenters. The number of hydrogen-bond acceptors (Lipinski definition) is 1. The molecule has 0 amide bonds. The fraction of sp³-hybridized carbons (Fsp3) is 0.300. The highest BCUT2D eigenvalue weighted by atomic mass is 79.9. The zero-order valence-electron chi connectivity index (χ0n) is 6.59. The molecule has 1 aromatic rings. The third kappa shape index (κ3) is 1.20. The van der Waals surface area contributed by atoms with E-state index in [1.165, 1.54) is 11.1 Å². The second-order valence-electron chi connectivity index (χ2n) is 3.18. The van der Waals surface area contributed by atoms with Crippen LogP contribution in [0.1, 0.15) is 11.1 Å². The summed E-state index contributed by atoms with van der Waals surface area (Å²) >= 11 is 3.49. The summed E-state index contributed by atoms with van der Waals surface area (Å²) in [6.07, 6.45) is 2.88. The van der Waals surface area contributed by atoms with E-state index in [1.807, 2.05) is 12.1 Å². The monoisotopic (exact) mass is 224 g/mol. The second-order valence-corrected chi connectivity index (χ2v) is 4.04. The molecule has 1 aliphatic carbocycles. The van der Waals surface area contributed by atoms with Crippen LogP contribution in [-0.4, -0.2) is 6.29 Å². The van der Waals surface area contributed by atoms with Gasteiger partial charge in [-0.2, -0.15) is 0 Å².